The van der Waals surface area contributed by atoms with Gasteiger partial charge in [0.1, 0.15) is 18.4 Å². The van der Waals surface area contributed by atoms with Gasteiger partial charge in [0.15, 0.2) is 11.6 Å². The molecule has 0 spiro atoms. The summed E-state index contributed by atoms with van der Waals surface area (Å²) in [4.78, 5) is 47.6. The Hall–Kier alpha value is -5.02. The Morgan fingerprint density at radius 2 is 1.84 bits per heavy atom. The lowest BCUT2D eigenvalue weighted by atomic mass is 10.1. The number of hydrogen-bond acceptors (Lipinski definition) is 5. The summed E-state index contributed by atoms with van der Waals surface area (Å²) in [5.74, 6) is 2.68. The number of aromatic nitrogens is 3. The molecule has 8 nitrogen and oxygen atoms in total. The van der Waals surface area contributed by atoms with Gasteiger partial charge in [-0.3, -0.25) is 14.4 Å². The van der Waals surface area contributed by atoms with Gasteiger partial charge in [-0.2, -0.15) is 8.78 Å². The van der Waals surface area contributed by atoms with Crippen molar-refractivity contribution in [3.05, 3.63) is 106 Å². The number of nitrogens with zero attached hydrogens (tertiary/aromatic N) is 4. The number of fused-ring (bicyclic) bond motifs is 1. The molecule has 1 N–H and O–H groups in total. The minimum absolute atomic E-state index is 0.0963. The van der Waals surface area contributed by atoms with Crippen LogP contribution in [-0.2, 0) is 22.7 Å². The van der Waals surface area contributed by atoms with Gasteiger partial charge in [0.2, 0.25) is 17.6 Å². The molecule has 0 bridgehead atoms. The third kappa shape index (κ3) is 6.48. The molecular weight excluding hydrogens is 602 g/mol. The van der Waals surface area contributed by atoms with Crippen molar-refractivity contribution in [2.24, 2.45) is 0 Å². The molecule has 0 saturated carbocycles. The van der Waals surface area contributed by atoms with Gasteiger partial charge in [-0.25, -0.2) is 18.7 Å². The van der Waals surface area contributed by atoms with Crippen LogP contribution >= 0.6 is 11.6 Å². The zero-order valence-corrected chi connectivity index (χ0v) is 23.8. The monoisotopic (exact) mass is 623 g/mol. The third-order valence-corrected chi connectivity index (χ3v) is 7.35. The maximum Gasteiger partial charge on any atom is 0.271 e. The maximum atomic E-state index is 14.3. The van der Waals surface area contributed by atoms with Crippen LogP contribution in [-0.4, -0.2) is 49.6 Å². The largest absolute Gasteiger partial charge is 0.350 e. The summed E-state index contributed by atoms with van der Waals surface area (Å²) >= 11 is 5.79. The number of carbonyl (C=O) groups is 3. The van der Waals surface area contributed by atoms with Crippen molar-refractivity contribution in [2.45, 2.75) is 32.5 Å². The number of Topliss-reactive ketones (excluding diaryl/α,β-unsaturated/α-hetero) is 1. The first kappa shape index (κ1) is 30.4. The minimum atomic E-state index is -1.98. The zero-order chi connectivity index (χ0) is 31.5. The summed E-state index contributed by atoms with van der Waals surface area (Å²) in [5.41, 5.74) is 1.03. The van der Waals surface area contributed by atoms with E-state index >= 15 is 0 Å². The summed E-state index contributed by atoms with van der Waals surface area (Å²) in [6.45, 7) is 0.279. The first-order valence-corrected chi connectivity index (χ1v) is 13.6. The number of carbonyl (C=O) groups excluding carboxylic acids is 3. The van der Waals surface area contributed by atoms with Crippen LogP contribution < -0.4 is 5.32 Å². The summed E-state index contributed by atoms with van der Waals surface area (Å²) in [6.07, 6.45) is 1.08. The highest BCUT2D eigenvalue weighted by Crippen LogP contribution is 2.29. The molecular formula is C31H22ClF4N5O3. The van der Waals surface area contributed by atoms with E-state index in [2.05, 4.69) is 27.1 Å². The highest BCUT2D eigenvalue weighted by molar-refractivity contribution is 6.30. The predicted molar refractivity (Wildman–Crippen MR) is 153 cm³/mol. The number of nitrogens with one attached hydrogen (secondary N) is 1. The van der Waals surface area contributed by atoms with Crippen LogP contribution in [0.2, 0.25) is 5.02 Å². The first-order valence-electron chi connectivity index (χ1n) is 13.2. The molecule has 1 saturated heterocycles. The van der Waals surface area contributed by atoms with E-state index < -0.39 is 42.1 Å². The topological polar surface area (TPSA) is 97.2 Å². The standard InChI is InChI=1S/C31H22ClF4N5O3/c1-17(42)23-15-40(25-7-5-18(9-22(23)25)6-8-27-37-12-21(33)13-38-27)16-28(43)41-14-20(30(35)36)10-26(41)31(44)39-11-19-3-2-4-24(32)29(19)34/h2-5,7,9,12-13,15,26H,10-11,14,16H2,1H3,(H,39,44)/t26-/m0/s1. The average molecular weight is 624 g/mol. The van der Waals surface area contributed by atoms with Crippen molar-refractivity contribution in [1.82, 2.24) is 24.8 Å². The Morgan fingerprint density at radius 1 is 1.09 bits per heavy atom. The van der Waals surface area contributed by atoms with Crippen LogP contribution in [0.4, 0.5) is 17.6 Å². The minimum Gasteiger partial charge on any atom is -0.350 e. The lowest BCUT2D eigenvalue weighted by molar-refractivity contribution is -0.138. The molecule has 5 rings (SSSR count). The van der Waals surface area contributed by atoms with Crippen LogP contribution in [0.1, 0.15) is 40.7 Å². The molecule has 4 aromatic rings. The van der Waals surface area contributed by atoms with Crippen molar-refractivity contribution < 1.29 is 31.9 Å². The highest BCUT2D eigenvalue weighted by atomic mass is 35.5. The number of ketones is 1. The number of likely N-dealkylation sites (tertiary alicyclic amines) is 1. The van der Waals surface area contributed by atoms with Gasteiger partial charge < -0.3 is 14.8 Å². The Labute approximate surface area is 253 Å². The summed E-state index contributed by atoms with van der Waals surface area (Å²) in [7, 11) is 0. The smallest absolute Gasteiger partial charge is 0.271 e. The fraction of sp³-hybridized carbons (Fsp3) is 0.194. The van der Waals surface area contributed by atoms with Crippen molar-refractivity contribution >= 4 is 40.1 Å². The third-order valence-electron chi connectivity index (χ3n) is 7.06. The van der Waals surface area contributed by atoms with E-state index in [0.717, 1.165) is 17.3 Å². The predicted octanol–water partition coefficient (Wildman–Crippen LogP) is 5.03. The summed E-state index contributed by atoms with van der Waals surface area (Å²) in [6, 6.07) is 7.94. The molecule has 1 aliphatic rings. The lowest BCUT2D eigenvalue weighted by Gasteiger charge is -2.24. The van der Waals surface area contributed by atoms with Gasteiger partial charge in [0, 0.05) is 58.9 Å². The molecule has 0 unspecified atom stereocenters. The SMILES string of the molecule is CC(=O)c1cn(CC(=O)N2CC(=C(F)F)C[C@H]2C(=O)NCc2cccc(Cl)c2F)c2ccc(C#Cc3ncc(F)cn3)cc12. The Balaban J connectivity index is 1.38. The van der Waals surface area contributed by atoms with Gasteiger partial charge in [-0.15, -0.1) is 0 Å². The van der Waals surface area contributed by atoms with Crippen LogP contribution in [0.5, 0.6) is 0 Å². The van der Waals surface area contributed by atoms with Gasteiger partial charge in [0.25, 0.3) is 6.08 Å². The fourth-order valence-corrected chi connectivity index (χ4v) is 5.06. The normalized spacial score (nSPS) is 14.4. The number of amides is 2. The first-order chi connectivity index (χ1) is 21.0. The van der Waals surface area contributed by atoms with E-state index in [1.54, 1.807) is 18.2 Å². The van der Waals surface area contributed by atoms with Gasteiger partial charge in [0.05, 0.1) is 17.4 Å². The maximum absolute atomic E-state index is 14.3. The molecule has 224 valence electrons. The Kier molecular flexibility index (Phi) is 8.78. The lowest BCUT2D eigenvalue weighted by Crippen LogP contribution is -2.46. The zero-order valence-electron chi connectivity index (χ0n) is 23.0. The molecule has 1 aliphatic heterocycles. The van der Waals surface area contributed by atoms with E-state index in [1.807, 2.05) is 0 Å². The van der Waals surface area contributed by atoms with E-state index in [1.165, 1.54) is 35.9 Å². The number of benzene rings is 2. The Bertz CT molecular complexity index is 1890. The van der Waals surface area contributed by atoms with Crippen LogP contribution in [0.15, 0.2) is 66.6 Å². The van der Waals surface area contributed by atoms with E-state index in [4.69, 9.17) is 11.6 Å². The second kappa shape index (κ2) is 12.7. The molecule has 1 atom stereocenters. The van der Waals surface area contributed by atoms with Crippen LogP contribution in [0.3, 0.4) is 0 Å². The number of rotatable bonds is 6. The van der Waals surface area contributed by atoms with Crippen LogP contribution in [0, 0.1) is 23.5 Å². The van der Waals surface area contributed by atoms with Crippen molar-refractivity contribution in [3.8, 4) is 11.8 Å². The van der Waals surface area contributed by atoms with E-state index in [-0.39, 0.29) is 47.3 Å². The summed E-state index contributed by atoms with van der Waals surface area (Å²) in [5, 5.41) is 2.87. The molecule has 3 heterocycles. The van der Waals surface area contributed by atoms with E-state index in [9.17, 15) is 31.9 Å². The van der Waals surface area contributed by atoms with E-state index in [0.29, 0.717) is 22.0 Å². The second-order valence-electron chi connectivity index (χ2n) is 9.97. The average Bonchev–Trinajstić information content (AvgIpc) is 3.60. The summed E-state index contributed by atoms with van der Waals surface area (Å²) < 4.78 is 56.0. The van der Waals surface area contributed by atoms with Crippen molar-refractivity contribution in [3.63, 3.8) is 0 Å². The van der Waals surface area contributed by atoms with Gasteiger partial charge >= 0.3 is 0 Å². The van der Waals surface area contributed by atoms with Crippen molar-refractivity contribution in [2.75, 3.05) is 6.54 Å². The molecule has 2 amide bonds. The Morgan fingerprint density at radius 3 is 2.55 bits per heavy atom. The quantitative estimate of drug-likeness (QED) is 0.185. The molecule has 0 aliphatic carbocycles. The molecule has 44 heavy (non-hydrogen) atoms. The van der Waals surface area contributed by atoms with Gasteiger partial charge in [-0.1, -0.05) is 29.7 Å². The molecule has 13 heteroatoms. The molecule has 1 fully saturated rings. The number of hydrogen-bond donors (Lipinski definition) is 1. The molecule has 0 radical (unpaired) electrons. The molecule has 2 aromatic heterocycles. The fourth-order valence-electron chi connectivity index (χ4n) is 4.87. The second-order valence-corrected chi connectivity index (χ2v) is 10.4. The van der Waals surface area contributed by atoms with Crippen molar-refractivity contribution in [1.29, 1.82) is 0 Å². The highest BCUT2D eigenvalue weighted by Gasteiger charge is 2.38. The molecule has 2 aromatic carbocycles. The van der Waals surface area contributed by atoms with Crippen LogP contribution in [0.25, 0.3) is 10.9 Å². The number of halogens is 5. The van der Waals surface area contributed by atoms with Gasteiger partial charge in [-0.05, 0) is 37.1 Å².